The Labute approximate surface area is 141 Å². The predicted molar refractivity (Wildman–Crippen MR) is 88.9 cm³/mol. The summed E-state index contributed by atoms with van der Waals surface area (Å²) in [4.78, 5) is 22.8. The summed E-state index contributed by atoms with van der Waals surface area (Å²) in [6, 6.07) is 3.64. The molecule has 0 spiro atoms. The van der Waals surface area contributed by atoms with Gasteiger partial charge in [-0.3, -0.25) is 9.78 Å². The Morgan fingerprint density at radius 3 is 2.67 bits per heavy atom. The second kappa shape index (κ2) is 6.33. The average Bonchev–Trinajstić information content (AvgIpc) is 2.96. The van der Waals surface area contributed by atoms with Crippen LogP contribution in [0.15, 0.2) is 30.7 Å². The maximum Gasteiger partial charge on any atom is 0.276 e. The topological polar surface area (TPSA) is 69.5 Å². The number of carbonyl (C=O) groups is 1. The van der Waals surface area contributed by atoms with Crippen molar-refractivity contribution in [3.8, 4) is 0 Å². The van der Waals surface area contributed by atoms with Crippen LogP contribution in [0.4, 0.5) is 5.69 Å². The third-order valence-corrected chi connectivity index (χ3v) is 4.21. The minimum absolute atomic E-state index is 0.00766. The molecule has 0 N–H and O–H groups in total. The zero-order valence-corrected chi connectivity index (χ0v) is 14.4. The Kier molecular flexibility index (Phi) is 4.38. The molecule has 7 heteroatoms. The zero-order chi connectivity index (χ0) is 17.3. The van der Waals surface area contributed by atoms with Crippen molar-refractivity contribution in [2.75, 3.05) is 25.2 Å². The Hall–Kier alpha value is -2.25. The molecule has 0 unspecified atom stereocenters. The number of carbonyl (C=O) groups excluding carboxylic acids is 1. The third kappa shape index (κ3) is 3.18. The number of nitrogens with zero attached hydrogens (tertiary/aromatic N) is 4. The number of amides is 1. The van der Waals surface area contributed by atoms with E-state index in [9.17, 15) is 4.79 Å². The van der Waals surface area contributed by atoms with Crippen LogP contribution >= 0.6 is 0 Å². The molecule has 2 aromatic rings. The number of rotatable bonds is 3. The zero-order valence-electron chi connectivity index (χ0n) is 14.4. The second-order valence-electron chi connectivity index (χ2n) is 6.35. The molecule has 7 nitrogen and oxygen atoms in total. The smallest absolute Gasteiger partial charge is 0.276 e. The number of anilines is 1. The minimum Gasteiger partial charge on any atom is -0.350 e. The quantitative estimate of drug-likeness (QED) is 0.860. The van der Waals surface area contributed by atoms with E-state index in [-0.39, 0.29) is 11.8 Å². The van der Waals surface area contributed by atoms with Crippen LogP contribution in [0.5, 0.6) is 0 Å². The van der Waals surface area contributed by atoms with Gasteiger partial charge in [0.05, 0.1) is 37.2 Å². The van der Waals surface area contributed by atoms with Crippen LogP contribution < -0.4 is 4.90 Å². The standard InChI is InChI=1S/C17H22N4O3/c1-17(2)23-10-12(11-24-17)15-19-9-14(21(15)4)16(22)20(3)13-6-5-7-18-8-13/h5-9,12H,10-11H2,1-4H3. The Bertz CT molecular complexity index is 717. The van der Waals surface area contributed by atoms with Crippen molar-refractivity contribution in [3.63, 3.8) is 0 Å². The average molecular weight is 330 g/mol. The molecule has 0 bridgehead atoms. The maximum atomic E-state index is 12.7. The fraction of sp³-hybridized carbons (Fsp3) is 0.471. The van der Waals surface area contributed by atoms with Crippen LogP contribution in [0.1, 0.15) is 36.1 Å². The van der Waals surface area contributed by atoms with Crippen LogP contribution in [0.25, 0.3) is 0 Å². The summed E-state index contributed by atoms with van der Waals surface area (Å²) in [5, 5.41) is 0. The lowest BCUT2D eigenvalue weighted by molar-refractivity contribution is -0.252. The monoisotopic (exact) mass is 330 g/mol. The van der Waals surface area contributed by atoms with E-state index in [0.29, 0.717) is 18.9 Å². The van der Waals surface area contributed by atoms with E-state index in [2.05, 4.69) is 9.97 Å². The summed E-state index contributed by atoms with van der Waals surface area (Å²) < 4.78 is 13.2. The highest BCUT2D eigenvalue weighted by Gasteiger charge is 2.32. The molecule has 24 heavy (non-hydrogen) atoms. The molecule has 1 amide bonds. The van der Waals surface area contributed by atoms with Gasteiger partial charge in [0, 0.05) is 20.3 Å². The van der Waals surface area contributed by atoms with Gasteiger partial charge in [-0.25, -0.2) is 4.98 Å². The molecule has 1 fully saturated rings. The summed E-state index contributed by atoms with van der Waals surface area (Å²) in [6.45, 7) is 4.81. The Balaban J connectivity index is 1.79. The molecule has 0 saturated carbocycles. The van der Waals surface area contributed by atoms with Crippen molar-refractivity contribution in [2.24, 2.45) is 7.05 Å². The Morgan fingerprint density at radius 2 is 2.04 bits per heavy atom. The molecular weight excluding hydrogens is 308 g/mol. The number of hydrogen-bond acceptors (Lipinski definition) is 5. The first kappa shape index (κ1) is 16.6. The van der Waals surface area contributed by atoms with Crippen LogP contribution in [-0.4, -0.2) is 46.5 Å². The molecule has 1 saturated heterocycles. The number of ether oxygens (including phenoxy) is 2. The lowest BCUT2D eigenvalue weighted by atomic mass is 10.1. The van der Waals surface area contributed by atoms with E-state index in [0.717, 1.165) is 11.5 Å². The number of hydrogen-bond donors (Lipinski definition) is 0. The summed E-state index contributed by atoms with van der Waals surface area (Å²) in [5.41, 5.74) is 1.25. The highest BCUT2D eigenvalue weighted by atomic mass is 16.7. The van der Waals surface area contributed by atoms with Crippen molar-refractivity contribution >= 4 is 11.6 Å². The normalized spacial score (nSPS) is 17.7. The van der Waals surface area contributed by atoms with Gasteiger partial charge >= 0.3 is 0 Å². The van der Waals surface area contributed by atoms with E-state index in [1.165, 1.54) is 0 Å². The highest BCUT2D eigenvalue weighted by Crippen LogP contribution is 2.27. The molecule has 1 aliphatic heterocycles. The lowest BCUT2D eigenvalue weighted by Crippen LogP contribution is -2.39. The molecule has 0 aliphatic carbocycles. The molecule has 3 rings (SSSR count). The van der Waals surface area contributed by atoms with E-state index in [1.807, 2.05) is 31.5 Å². The lowest BCUT2D eigenvalue weighted by Gasteiger charge is -2.34. The van der Waals surface area contributed by atoms with Crippen LogP contribution in [0.2, 0.25) is 0 Å². The molecule has 1 aliphatic rings. The van der Waals surface area contributed by atoms with E-state index < -0.39 is 5.79 Å². The fourth-order valence-corrected chi connectivity index (χ4v) is 2.68. The first-order valence-electron chi connectivity index (χ1n) is 7.86. The molecule has 128 valence electrons. The first-order valence-corrected chi connectivity index (χ1v) is 7.86. The van der Waals surface area contributed by atoms with Gasteiger partial charge < -0.3 is 18.9 Å². The van der Waals surface area contributed by atoms with Gasteiger partial charge in [0.1, 0.15) is 11.5 Å². The van der Waals surface area contributed by atoms with Gasteiger partial charge in [0.15, 0.2) is 5.79 Å². The molecule has 2 aromatic heterocycles. The van der Waals surface area contributed by atoms with Crippen molar-refractivity contribution < 1.29 is 14.3 Å². The van der Waals surface area contributed by atoms with Gasteiger partial charge in [0.2, 0.25) is 0 Å². The number of aromatic nitrogens is 3. The summed E-state index contributed by atoms with van der Waals surface area (Å²) in [7, 11) is 3.56. The molecule has 0 atom stereocenters. The number of pyridine rings is 1. The molecule has 0 aromatic carbocycles. The van der Waals surface area contributed by atoms with Crippen LogP contribution in [0, 0.1) is 0 Å². The van der Waals surface area contributed by atoms with Gasteiger partial charge in [0.25, 0.3) is 5.91 Å². The fourth-order valence-electron chi connectivity index (χ4n) is 2.68. The molecule has 0 radical (unpaired) electrons. The number of imidazole rings is 1. The van der Waals surface area contributed by atoms with Crippen LogP contribution in [0.3, 0.4) is 0 Å². The third-order valence-electron chi connectivity index (χ3n) is 4.21. The SMILES string of the molecule is CN(C(=O)c1cnc(C2COC(C)(C)OC2)n1C)c1cccnc1. The second-order valence-corrected chi connectivity index (χ2v) is 6.35. The van der Waals surface area contributed by atoms with Crippen molar-refractivity contribution in [1.29, 1.82) is 0 Å². The van der Waals surface area contributed by atoms with Crippen molar-refractivity contribution in [1.82, 2.24) is 14.5 Å². The van der Waals surface area contributed by atoms with Gasteiger partial charge in [-0.05, 0) is 26.0 Å². The Morgan fingerprint density at radius 1 is 1.33 bits per heavy atom. The van der Waals surface area contributed by atoms with Crippen molar-refractivity contribution in [2.45, 2.75) is 25.6 Å². The van der Waals surface area contributed by atoms with Crippen molar-refractivity contribution in [3.05, 3.63) is 42.2 Å². The van der Waals surface area contributed by atoms with E-state index >= 15 is 0 Å². The predicted octanol–water partition coefficient (Wildman–Crippen LogP) is 1.96. The molecule has 3 heterocycles. The highest BCUT2D eigenvalue weighted by molar-refractivity contribution is 6.04. The maximum absolute atomic E-state index is 12.7. The summed E-state index contributed by atoms with van der Waals surface area (Å²) >= 11 is 0. The van der Waals surface area contributed by atoms with Gasteiger partial charge in [-0.1, -0.05) is 0 Å². The van der Waals surface area contributed by atoms with Gasteiger partial charge in [-0.15, -0.1) is 0 Å². The van der Waals surface area contributed by atoms with E-state index in [4.69, 9.17) is 9.47 Å². The summed E-state index contributed by atoms with van der Waals surface area (Å²) in [6.07, 6.45) is 4.93. The van der Waals surface area contributed by atoms with E-state index in [1.54, 1.807) is 36.6 Å². The molecular formula is C17H22N4O3. The van der Waals surface area contributed by atoms with Gasteiger partial charge in [-0.2, -0.15) is 0 Å². The largest absolute Gasteiger partial charge is 0.350 e. The first-order chi connectivity index (χ1) is 11.4. The summed E-state index contributed by atoms with van der Waals surface area (Å²) in [5.74, 6) is 0.0878. The van der Waals surface area contributed by atoms with Crippen LogP contribution in [-0.2, 0) is 16.5 Å². The minimum atomic E-state index is -0.569.